The minimum Gasteiger partial charge on any atom is -0.445 e. The second kappa shape index (κ2) is 8.51. The van der Waals surface area contributed by atoms with Crippen LogP contribution < -0.4 is 5.32 Å². The van der Waals surface area contributed by atoms with E-state index in [1.807, 2.05) is 35.7 Å². The third-order valence-electron chi connectivity index (χ3n) is 2.67. The molecule has 0 unspecified atom stereocenters. The summed E-state index contributed by atoms with van der Waals surface area (Å²) in [4.78, 5) is 12.1. The van der Waals surface area contributed by atoms with Crippen LogP contribution in [0.3, 0.4) is 0 Å². The van der Waals surface area contributed by atoms with Crippen LogP contribution in [0.25, 0.3) is 0 Å². The van der Waals surface area contributed by atoms with Gasteiger partial charge in [0.25, 0.3) is 0 Å². The molecular weight excluding hydrogens is 296 g/mol. The quantitative estimate of drug-likeness (QED) is 0.696. The van der Waals surface area contributed by atoms with Crippen molar-refractivity contribution in [2.75, 3.05) is 6.54 Å². The summed E-state index contributed by atoms with van der Waals surface area (Å²) in [6, 6.07) is 13.3. The Morgan fingerprint density at radius 1 is 1.32 bits per heavy atom. The summed E-state index contributed by atoms with van der Waals surface area (Å²) in [7, 11) is 0. The van der Waals surface area contributed by atoms with Crippen LogP contribution in [0.4, 0.5) is 4.79 Å². The van der Waals surface area contributed by atoms with Crippen LogP contribution in [0.1, 0.15) is 22.4 Å². The molecule has 4 nitrogen and oxygen atoms in total. The molecule has 0 radical (unpaired) electrons. The molecule has 1 aromatic heterocycles. The minimum atomic E-state index is -0.451. The summed E-state index contributed by atoms with van der Waals surface area (Å²) >= 11 is 1.37. The van der Waals surface area contributed by atoms with Crippen molar-refractivity contribution >= 4 is 17.4 Å². The molecule has 1 heterocycles. The summed E-state index contributed by atoms with van der Waals surface area (Å²) < 4.78 is 5.08. The molecule has 0 bridgehead atoms. The molecule has 110 valence electrons. The van der Waals surface area contributed by atoms with Crippen LogP contribution >= 0.6 is 11.3 Å². The second-order valence-corrected chi connectivity index (χ2v) is 5.26. The number of benzene rings is 1. The molecule has 2 aromatic rings. The van der Waals surface area contributed by atoms with Gasteiger partial charge in [0, 0.05) is 23.9 Å². The number of nitrogens with zero attached hydrogens (tertiary/aromatic N) is 1. The molecule has 22 heavy (non-hydrogen) atoms. The fourth-order valence-electron chi connectivity index (χ4n) is 1.63. The van der Waals surface area contributed by atoms with Crippen molar-refractivity contribution in [1.82, 2.24) is 5.32 Å². The molecule has 0 aliphatic carbocycles. The maximum Gasteiger partial charge on any atom is 0.407 e. The van der Waals surface area contributed by atoms with Crippen LogP contribution in [0.2, 0.25) is 0 Å². The lowest BCUT2D eigenvalue weighted by Crippen LogP contribution is -2.24. The zero-order valence-electron chi connectivity index (χ0n) is 11.8. The van der Waals surface area contributed by atoms with Gasteiger partial charge in [0.05, 0.1) is 0 Å². The Bertz CT molecular complexity index is 720. The van der Waals surface area contributed by atoms with Crippen LogP contribution in [0, 0.1) is 23.2 Å². The Morgan fingerprint density at radius 3 is 2.86 bits per heavy atom. The third-order valence-corrected chi connectivity index (χ3v) is 3.51. The molecule has 1 aromatic carbocycles. The van der Waals surface area contributed by atoms with Gasteiger partial charge in [-0.05, 0) is 11.6 Å². The van der Waals surface area contributed by atoms with Crippen molar-refractivity contribution in [2.45, 2.75) is 13.0 Å². The van der Waals surface area contributed by atoms with E-state index in [0.717, 1.165) is 11.1 Å². The van der Waals surface area contributed by atoms with Crippen LogP contribution in [0.15, 0.2) is 41.8 Å². The topological polar surface area (TPSA) is 62.1 Å². The smallest absolute Gasteiger partial charge is 0.407 e. The predicted octanol–water partition coefficient (Wildman–Crippen LogP) is 3.29. The van der Waals surface area contributed by atoms with Crippen LogP contribution in [-0.2, 0) is 11.3 Å². The number of alkyl carbamates (subject to hydrolysis) is 1. The van der Waals surface area contributed by atoms with Gasteiger partial charge in [-0.25, -0.2) is 4.79 Å². The van der Waals surface area contributed by atoms with Gasteiger partial charge in [-0.1, -0.05) is 42.2 Å². The number of thiophene rings is 1. The highest BCUT2D eigenvalue weighted by atomic mass is 32.1. The van der Waals surface area contributed by atoms with E-state index in [0.29, 0.717) is 17.8 Å². The Hall–Kier alpha value is -2.76. The van der Waals surface area contributed by atoms with E-state index in [-0.39, 0.29) is 6.61 Å². The van der Waals surface area contributed by atoms with Crippen molar-refractivity contribution in [3.8, 4) is 17.9 Å². The molecular formula is C17H14N2O2S. The highest BCUT2D eigenvalue weighted by Gasteiger charge is 2.00. The number of amides is 1. The van der Waals surface area contributed by atoms with Gasteiger partial charge >= 0.3 is 6.09 Å². The number of nitriles is 1. The molecule has 2 rings (SSSR count). The largest absolute Gasteiger partial charge is 0.445 e. The molecule has 0 aliphatic rings. The molecule has 0 saturated heterocycles. The maximum atomic E-state index is 11.5. The van der Waals surface area contributed by atoms with Crippen LogP contribution in [0.5, 0.6) is 0 Å². The number of ether oxygens (including phenoxy) is 1. The van der Waals surface area contributed by atoms with Crippen LogP contribution in [-0.4, -0.2) is 12.6 Å². The average Bonchev–Trinajstić information content (AvgIpc) is 3.01. The summed E-state index contributed by atoms with van der Waals surface area (Å²) in [6.07, 6.45) is 0.0750. The van der Waals surface area contributed by atoms with Gasteiger partial charge in [0.2, 0.25) is 0 Å². The van der Waals surface area contributed by atoms with Crippen molar-refractivity contribution in [3.05, 3.63) is 57.8 Å². The van der Waals surface area contributed by atoms with Crippen molar-refractivity contribution in [1.29, 1.82) is 5.26 Å². The number of hydrogen-bond acceptors (Lipinski definition) is 4. The lowest BCUT2D eigenvalue weighted by atomic mass is 10.2. The van der Waals surface area contributed by atoms with Gasteiger partial charge in [-0.2, -0.15) is 5.26 Å². The first kappa shape index (κ1) is 15.6. The lowest BCUT2D eigenvalue weighted by molar-refractivity contribution is 0.140. The molecule has 0 saturated carbocycles. The minimum absolute atomic E-state index is 0.254. The predicted molar refractivity (Wildman–Crippen MR) is 85.2 cm³/mol. The Balaban J connectivity index is 1.64. The average molecular weight is 310 g/mol. The van der Waals surface area contributed by atoms with E-state index in [1.165, 1.54) is 11.3 Å². The van der Waals surface area contributed by atoms with Gasteiger partial charge in [0.1, 0.15) is 17.6 Å². The van der Waals surface area contributed by atoms with Crippen molar-refractivity contribution in [3.63, 3.8) is 0 Å². The van der Waals surface area contributed by atoms with E-state index < -0.39 is 6.09 Å². The highest BCUT2D eigenvalue weighted by molar-refractivity contribution is 7.10. The summed E-state index contributed by atoms with van der Waals surface area (Å²) in [5.41, 5.74) is 1.77. The lowest BCUT2D eigenvalue weighted by Gasteiger charge is -2.05. The number of rotatable bonds is 4. The van der Waals surface area contributed by atoms with E-state index in [1.54, 1.807) is 6.07 Å². The first-order chi connectivity index (χ1) is 10.8. The Labute approximate surface area is 133 Å². The molecule has 0 fully saturated rings. The molecule has 1 N–H and O–H groups in total. The summed E-state index contributed by atoms with van der Waals surface area (Å²) in [5.74, 6) is 5.89. The zero-order valence-corrected chi connectivity index (χ0v) is 12.7. The van der Waals surface area contributed by atoms with Gasteiger partial charge in [-0.15, -0.1) is 11.3 Å². The molecule has 0 atom stereocenters. The fourth-order valence-corrected chi connectivity index (χ4v) is 2.25. The number of carbonyl (C=O) groups excluding carboxylic acids is 1. The number of carbonyl (C=O) groups is 1. The SMILES string of the molecule is N#Cc1cc(C#CCCNC(=O)OCc2ccccc2)cs1. The number of nitrogens with one attached hydrogen (secondary N) is 1. The third kappa shape index (κ3) is 5.32. The fraction of sp³-hybridized carbons (Fsp3) is 0.176. The highest BCUT2D eigenvalue weighted by Crippen LogP contribution is 2.11. The Kier molecular flexibility index (Phi) is 6.04. The van der Waals surface area contributed by atoms with E-state index in [4.69, 9.17) is 10.00 Å². The van der Waals surface area contributed by atoms with Crippen molar-refractivity contribution < 1.29 is 9.53 Å². The van der Waals surface area contributed by atoms with E-state index in [9.17, 15) is 4.79 Å². The first-order valence-corrected chi connectivity index (χ1v) is 7.58. The first-order valence-electron chi connectivity index (χ1n) is 6.70. The summed E-state index contributed by atoms with van der Waals surface area (Å²) in [5, 5.41) is 13.2. The van der Waals surface area contributed by atoms with E-state index >= 15 is 0 Å². The number of hydrogen-bond donors (Lipinski definition) is 1. The second-order valence-electron chi connectivity index (χ2n) is 4.35. The molecule has 5 heteroatoms. The molecule has 0 spiro atoms. The monoisotopic (exact) mass is 310 g/mol. The van der Waals surface area contributed by atoms with Crippen molar-refractivity contribution in [2.24, 2.45) is 0 Å². The summed E-state index contributed by atoms with van der Waals surface area (Å²) in [6.45, 7) is 0.681. The zero-order chi connectivity index (χ0) is 15.6. The van der Waals surface area contributed by atoms with Gasteiger partial charge in [-0.3, -0.25) is 0 Å². The van der Waals surface area contributed by atoms with Gasteiger partial charge in [0.15, 0.2) is 0 Å². The standard InChI is InChI=1S/C17H14N2O2S/c18-11-16-10-15(13-22-16)8-4-5-9-19-17(20)21-12-14-6-2-1-3-7-14/h1-3,6-7,10,13H,5,9,12H2,(H,19,20). The van der Waals surface area contributed by atoms with E-state index in [2.05, 4.69) is 23.2 Å². The van der Waals surface area contributed by atoms with Gasteiger partial charge < -0.3 is 10.1 Å². The molecule has 1 amide bonds. The molecule has 0 aliphatic heterocycles. The Morgan fingerprint density at radius 2 is 2.14 bits per heavy atom. The maximum absolute atomic E-state index is 11.5. The normalized spacial score (nSPS) is 9.23.